The number of rotatable bonds is 9. The molecule has 0 unspecified atom stereocenters. The number of hydrogen-bond acceptors (Lipinski definition) is 7. The fraction of sp³-hybridized carbons (Fsp3) is 0.148. The first-order valence-electron chi connectivity index (χ1n) is 11.2. The topological polar surface area (TPSA) is 94.2 Å². The molecule has 0 bridgehead atoms. The van der Waals surface area contributed by atoms with Crippen LogP contribution in [0.5, 0.6) is 17.2 Å². The fourth-order valence-electron chi connectivity index (χ4n) is 3.55. The first kappa shape index (κ1) is 27.5. The SMILES string of the molecule is COc1ccc(NC(=O)CN2C(=O)S/C(=C/c3cc(I)c(OCc4cccc(F)c4)c(OC)c3)C2=O)cc1. The maximum absolute atomic E-state index is 13.5. The van der Waals surface area contributed by atoms with Crippen molar-refractivity contribution in [2.45, 2.75) is 6.61 Å². The molecule has 4 rings (SSSR count). The minimum absolute atomic E-state index is 0.140. The largest absolute Gasteiger partial charge is 0.497 e. The van der Waals surface area contributed by atoms with Gasteiger partial charge in [-0.05, 0) is 100 Å². The molecule has 196 valence electrons. The molecule has 1 heterocycles. The van der Waals surface area contributed by atoms with E-state index in [1.807, 2.05) is 0 Å². The third-order valence-corrected chi connectivity index (χ3v) is 7.08. The maximum atomic E-state index is 13.5. The fourth-order valence-corrected chi connectivity index (χ4v) is 5.17. The molecule has 0 atom stereocenters. The Morgan fingerprint density at radius 2 is 1.84 bits per heavy atom. The number of nitrogens with one attached hydrogen (secondary N) is 1. The van der Waals surface area contributed by atoms with Gasteiger partial charge in [-0.15, -0.1) is 0 Å². The number of benzene rings is 3. The zero-order chi connectivity index (χ0) is 27.2. The third kappa shape index (κ3) is 6.64. The Labute approximate surface area is 236 Å². The standard InChI is InChI=1S/C27H22FIN2O6S/c1-35-20-8-6-19(7-9-20)30-24(32)14-31-26(33)23(38-27(31)34)13-17-11-21(29)25(22(12-17)36-2)37-15-16-4-3-5-18(28)10-16/h3-13H,14-15H2,1-2H3,(H,30,32)/b23-13+. The molecule has 3 aromatic carbocycles. The van der Waals surface area contributed by atoms with Gasteiger partial charge in [0.05, 0.1) is 22.7 Å². The normalized spacial score (nSPS) is 14.1. The van der Waals surface area contributed by atoms with Crippen LogP contribution in [0.25, 0.3) is 6.08 Å². The van der Waals surface area contributed by atoms with E-state index in [1.54, 1.807) is 54.6 Å². The molecular formula is C27H22FIN2O6S. The Kier molecular flexibility index (Phi) is 8.89. The highest BCUT2D eigenvalue weighted by Crippen LogP contribution is 2.37. The number of methoxy groups -OCH3 is 2. The van der Waals surface area contributed by atoms with Crippen LogP contribution in [0.15, 0.2) is 65.6 Å². The molecule has 11 heteroatoms. The van der Waals surface area contributed by atoms with E-state index in [2.05, 4.69) is 27.9 Å². The minimum atomic E-state index is -0.565. The van der Waals surface area contributed by atoms with Crippen molar-refractivity contribution in [3.8, 4) is 17.2 Å². The first-order chi connectivity index (χ1) is 18.3. The highest BCUT2D eigenvalue weighted by Gasteiger charge is 2.36. The lowest BCUT2D eigenvalue weighted by Gasteiger charge is -2.14. The summed E-state index contributed by atoms with van der Waals surface area (Å²) in [4.78, 5) is 39.0. The van der Waals surface area contributed by atoms with Gasteiger partial charge in [0.2, 0.25) is 5.91 Å². The summed E-state index contributed by atoms with van der Waals surface area (Å²) >= 11 is 2.83. The van der Waals surface area contributed by atoms with Crippen LogP contribution in [0.4, 0.5) is 14.9 Å². The van der Waals surface area contributed by atoms with E-state index in [0.717, 1.165) is 16.7 Å². The average molecular weight is 648 g/mol. The van der Waals surface area contributed by atoms with E-state index < -0.39 is 23.6 Å². The quantitative estimate of drug-likeness (QED) is 0.235. The van der Waals surface area contributed by atoms with Crippen LogP contribution in [0.2, 0.25) is 0 Å². The summed E-state index contributed by atoms with van der Waals surface area (Å²) in [5.41, 5.74) is 1.79. The molecule has 0 aliphatic carbocycles. The molecule has 8 nitrogen and oxygen atoms in total. The van der Waals surface area contributed by atoms with Gasteiger partial charge in [0.25, 0.3) is 11.1 Å². The number of imide groups is 1. The summed E-state index contributed by atoms with van der Waals surface area (Å²) in [5.74, 6) is 0.0994. The molecule has 1 N–H and O–H groups in total. The molecule has 0 radical (unpaired) electrons. The molecule has 1 saturated heterocycles. The number of halogens is 2. The molecule has 1 fully saturated rings. The molecule has 0 spiro atoms. The zero-order valence-corrected chi connectivity index (χ0v) is 23.3. The van der Waals surface area contributed by atoms with Crippen LogP contribution in [0.1, 0.15) is 11.1 Å². The van der Waals surface area contributed by atoms with Gasteiger partial charge in [0.15, 0.2) is 11.5 Å². The van der Waals surface area contributed by atoms with Gasteiger partial charge in [0, 0.05) is 5.69 Å². The Bertz CT molecular complexity index is 1410. The van der Waals surface area contributed by atoms with Crippen LogP contribution < -0.4 is 19.5 Å². The van der Waals surface area contributed by atoms with Crippen molar-refractivity contribution in [2.75, 3.05) is 26.1 Å². The van der Waals surface area contributed by atoms with Gasteiger partial charge in [0.1, 0.15) is 24.7 Å². The predicted octanol–water partition coefficient (Wildman–Crippen LogP) is 5.70. The lowest BCUT2D eigenvalue weighted by molar-refractivity contribution is -0.127. The highest BCUT2D eigenvalue weighted by atomic mass is 127. The summed E-state index contributed by atoms with van der Waals surface area (Å²) < 4.78 is 30.6. The van der Waals surface area contributed by atoms with Crippen molar-refractivity contribution in [3.05, 3.63) is 86.1 Å². The Balaban J connectivity index is 1.45. The molecular weight excluding hydrogens is 626 g/mol. The number of thioether (sulfide) groups is 1. The van der Waals surface area contributed by atoms with Gasteiger partial charge in [-0.25, -0.2) is 4.39 Å². The Morgan fingerprint density at radius 1 is 1.08 bits per heavy atom. The van der Waals surface area contributed by atoms with E-state index >= 15 is 0 Å². The molecule has 1 aliphatic heterocycles. The molecule has 0 aromatic heterocycles. The Morgan fingerprint density at radius 3 is 2.53 bits per heavy atom. The second-order valence-electron chi connectivity index (χ2n) is 8.00. The lowest BCUT2D eigenvalue weighted by Crippen LogP contribution is -2.36. The second-order valence-corrected chi connectivity index (χ2v) is 10.2. The predicted molar refractivity (Wildman–Crippen MR) is 151 cm³/mol. The number of ether oxygens (including phenoxy) is 3. The van der Waals surface area contributed by atoms with Crippen molar-refractivity contribution in [1.29, 1.82) is 0 Å². The maximum Gasteiger partial charge on any atom is 0.294 e. The van der Waals surface area contributed by atoms with Crippen LogP contribution in [0.3, 0.4) is 0 Å². The summed E-state index contributed by atoms with van der Waals surface area (Å²) in [6.45, 7) is -0.275. The summed E-state index contributed by atoms with van der Waals surface area (Å²) in [6, 6.07) is 16.2. The highest BCUT2D eigenvalue weighted by molar-refractivity contribution is 14.1. The third-order valence-electron chi connectivity index (χ3n) is 5.37. The summed E-state index contributed by atoms with van der Waals surface area (Å²) in [7, 11) is 3.02. The van der Waals surface area contributed by atoms with Gasteiger partial charge >= 0.3 is 0 Å². The minimum Gasteiger partial charge on any atom is -0.497 e. The van der Waals surface area contributed by atoms with Crippen LogP contribution in [-0.4, -0.2) is 42.7 Å². The van der Waals surface area contributed by atoms with Crippen molar-refractivity contribution in [1.82, 2.24) is 4.90 Å². The van der Waals surface area contributed by atoms with Gasteiger partial charge in [-0.2, -0.15) is 0 Å². The summed E-state index contributed by atoms with van der Waals surface area (Å²) in [6.07, 6.45) is 1.56. The van der Waals surface area contributed by atoms with E-state index in [1.165, 1.54) is 26.4 Å². The first-order valence-corrected chi connectivity index (χ1v) is 13.1. The van der Waals surface area contributed by atoms with Crippen LogP contribution >= 0.6 is 34.4 Å². The van der Waals surface area contributed by atoms with E-state index in [4.69, 9.17) is 14.2 Å². The summed E-state index contributed by atoms with van der Waals surface area (Å²) in [5, 5.41) is 2.12. The Hall–Kier alpha value is -3.58. The molecule has 3 aromatic rings. The second kappa shape index (κ2) is 12.3. The van der Waals surface area contributed by atoms with E-state index in [-0.39, 0.29) is 17.3 Å². The van der Waals surface area contributed by atoms with Crippen LogP contribution in [-0.2, 0) is 16.2 Å². The number of carbonyl (C=O) groups excluding carboxylic acids is 3. The smallest absolute Gasteiger partial charge is 0.294 e. The molecule has 3 amide bonds. The number of amides is 3. The molecule has 0 saturated carbocycles. The van der Waals surface area contributed by atoms with Crippen molar-refractivity contribution < 1.29 is 33.0 Å². The lowest BCUT2D eigenvalue weighted by atomic mass is 10.1. The van der Waals surface area contributed by atoms with E-state index in [9.17, 15) is 18.8 Å². The average Bonchev–Trinajstić information content (AvgIpc) is 3.15. The zero-order valence-electron chi connectivity index (χ0n) is 20.3. The number of carbonyl (C=O) groups is 3. The van der Waals surface area contributed by atoms with Crippen LogP contribution in [0, 0.1) is 9.39 Å². The monoisotopic (exact) mass is 648 g/mol. The van der Waals surface area contributed by atoms with Gasteiger partial charge in [-0.1, -0.05) is 12.1 Å². The van der Waals surface area contributed by atoms with E-state index in [0.29, 0.717) is 37.6 Å². The number of hydrogen-bond donors (Lipinski definition) is 1. The number of anilines is 1. The van der Waals surface area contributed by atoms with Gasteiger partial charge in [-0.3, -0.25) is 19.3 Å². The van der Waals surface area contributed by atoms with Gasteiger partial charge < -0.3 is 19.5 Å². The van der Waals surface area contributed by atoms with Crippen molar-refractivity contribution in [2.24, 2.45) is 0 Å². The number of nitrogens with zero attached hydrogens (tertiary/aromatic N) is 1. The molecule has 38 heavy (non-hydrogen) atoms. The molecule has 1 aliphatic rings. The van der Waals surface area contributed by atoms with Crippen molar-refractivity contribution in [3.63, 3.8) is 0 Å². The van der Waals surface area contributed by atoms with Crippen molar-refractivity contribution >= 4 is 63.2 Å².